The number of ether oxygens (including phenoxy) is 2. The maximum atomic E-state index is 14.6. The maximum absolute atomic E-state index is 14.6. The van der Waals surface area contributed by atoms with E-state index in [1.807, 2.05) is 35.2 Å². The molecule has 0 saturated carbocycles. The molecule has 34 heavy (non-hydrogen) atoms. The number of hydrogen-bond donors (Lipinski definition) is 1. The fourth-order valence-corrected chi connectivity index (χ4v) is 4.60. The Kier molecular flexibility index (Phi) is 5.75. The number of rotatable bonds is 3. The van der Waals surface area contributed by atoms with Crippen molar-refractivity contribution < 1.29 is 18.7 Å². The Labute approximate surface area is 206 Å². The number of benzene rings is 3. The zero-order valence-corrected chi connectivity index (χ0v) is 20.0. The fourth-order valence-electron chi connectivity index (χ4n) is 4.13. The van der Waals surface area contributed by atoms with E-state index in [0.717, 1.165) is 16.7 Å². The minimum atomic E-state index is -0.492. The molecular formula is C26H20ClFN2O3S. The van der Waals surface area contributed by atoms with Crippen LogP contribution >= 0.6 is 23.8 Å². The van der Waals surface area contributed by atoms with Gasteiger partial charge < -0.3 is 14.8 Å². The number of hydrogen-bond acceptors (Lipinski definition) is 5. The van der Waals surface area contributed by atoms with E-state index >= 15 is 0 Å². The van der Waals surface area contributed by atoms with E-state index in [-0.39, 0.29) is 5.82 Å². The first kappa shape index (κ1) is 22.4. The number of esters is 1. The van der Waals surface area contributed by atoms with Gasteiger partial charge in [0, 0.05) is 22.7 Å². The smallest absolute Gasteiger partial charge is 0.337 e. The average Bonchev–Trinajstić information content (AvgIpc) is 2.84. The largest absolute Gasteiger partial charge is 0.465 e. The quantitative estimate of drug-likeness (QED) is 0.364. The van der Waals surface area contributed by atoms with Gasteiger partial charge in [0.25, 0.3) is 0 Å². The molecule has 3 aromatic carbocycles. The van der Waals surface area contributed by atoms with E-state index in [1.165, 1.54) is 13.2 Å². The van der Waals surface area contributed by atoms with Crippen molar-refractivity contribution in [2.24, 2.45) is 0 Å². The Bertz CT molecular complexity index is 1360. The van der Waals surface area contributed by atoms with E-state index in [0.29, 0.717) is 44.9 Å². The molecule has 8 heteroatoms. The number of methoxy groups -OCH3 is 1. The average molecular weight is 495 g/mol. The topological polar surface area (TPSA) is 50.8 Å². The summed E-state index contributed by atoms with van der Waals surface area (Å²) < 4.78 is 25.8. The molecule has 0 unspecified atom stereocenters. The molecule has 0 fully saturated rings. The first-order valence-electron chi connectivity index (χ1n) is 10.6. The van der Waals surface area contributed by atoms with Gasteiger partial charge in [0.2, 0.25) is 5.88 Å². The van der Waals surface area contributed by atoms with Crippen LogP contribution < -0.4 is 15.0 Å². The molecule has 0 aromatic heterocycles. The van der Waals surface area contributed by atoms with E-state index in [9.17, 15) is 9.18 Å². The number of halogens is 2. The third kappa shape index (κ3) is 3.91. The lowest BCUT2D eigenvalue weighted by molar-refractivity contribution is 0.0600. The highest BCUT2D eigenvalue weighted by Crippen LogP contribution is 2.41. The van der Waals surface area contributed by atoms with Gasteiger partial charge in [-0.3, -0.25) is 4.90 Å². The second-order valence-electron chi connectivity index (χ2n) is 8.11. The highest BCUT2D eigenvalue weighted by molar-refractivity contribution is 7.80. The molecule has 0 spiro atoms. The van der Waals surface area contributed by atoms with E-state index in [1.54, 1.807) is 31.2 Å². The lowest BCUT2D eigenvalue weighted by atomic mass is 9.98. The van der Waals surface area contributed by atoms with Gasteiger partial charge in [0.05, 0.1) is 18.2 Å². The monoisotopic (exact) mass is 494 g/mol. The van der Waals surface area contributed by atoms with E-state index in [2.05, 4.69) is 5.32 Å². The molecule has 0 radical (unpaired) electrons. The Morgan fingerprint density at radius 3 is 2.65 bits per heavy atom. The first-order valence-corrected chi connectivity index (χ1v) is 11.4. The zero-order valence-electron chi connectivity index (χ0n) is 18.4. The summed E-state index contributed by atoms with van der Waals surface area (Å²) in [6, 6.07) is 17.5. The minimum absolute atomic E-state index is 0.324. The Balaban J connectivity index is 1.63. The minimum Gasteiger partial charge on any atom is -0.465 e. The van der Waals surface area contributed by atoms with Crippen molar-refractivity contribution in [2.45, 2.75) is 19.5 Å². The van der Waals surface area contributed by atoms with E-state index < -0.39 is 12.1 Å². The molecule has 2 aliphatic heterocycles. The van der Waals surface area contributed by atoms with Gasteiger partial charge in [0.1, 0.15) is 22.7 Å². The molecule has 1 atom stereocenters. The molecule has 2 heterocycles. The van der Waals surface area contributed by atoms with Crippen LogP contribution in [0.5, 0.6) is 5.75 Å². The van der Waals surface area contributed by atoms with Gasteiger partial charge >= 0.3 is 5.97 Å². The summed E-state index contributed by atoms with van der Waals surface area (Å²) >= 11 is 11.9. The molecule has 0 aliphatic carbocycles. The molecule has 5 rings (SSSR count). The molecule has 5 nitrogen and oxygen atoms in total. The van der Waals surface area contributed by atoms with Gasteiger partial charge in [-0.05, 0) is 60.5 Å². The van der Waals surface area contributed by atoms with Crippen molar-refractivity contribution in [3.05, 3.63) is 105 Å². The van der Waals surface area contributed by atoms with Crippen molar-refractivity contribution >= 4 is 40.5 Å². The van der Waals surface area contributed by atoms with Gasteiger partial charge in [-0.25, -0.2) is 9.18 Å². The van der Waals surface area contributed by atoms with Crippen LogP contribution in [0.4, 0.5) is 10.1 Å². The second kappa shape index (κ2) is 8.74. The number of nitrogens with zero attached hydrogens (tertiary/aromatic N) is 1. The van der Waals surface area contributed by atoms with Gasteiger partial charge in [-0.1, -0.05) is 42.0 Å². The Morgan fingerprint density at radius 1 is 1.18 bits per heavy atom. The second-order valence-corrected chi connectivity index (χ2v) is 8.95. The van der Waals surface area contributed by atoms with Crippen molar-refractivity contribution in [2.75, 3.05) is 12.0 Å². The first-order chi connectivity index (χ1) is 16.4. The Hall–Kier alpha value is -3.42. The standard InChI is InChI=1S/C26H20ClFN2O3S/c1-14-3-9-19(13-21(14)28)30-23(15-4-6-16(7-5-15)26(31)32-2)29-24(34)20-12-17-11-18(27)8-10-22(17)33-25(20)30/h3-11,13,23H,12H2,1-2H3,(H,29,34)/t23-/m0/s1. The van der Waals surface area contributed by atoms with Crippen molar-refractivity contribution in [1.29, 1.82) is 0 Å². The highest BCUT2D eigenvalue weighted by atomic mass is 35.5. The molecule has 0 bridgehead atoms. The van der Waals surface area contributed by atoms with Crippen LogP contribution in [0.3, 0.4) is 0 Å². The SMILES string of the molecule is COC(=O)c1ccc([C@H]2NC(=S)C3=C(Oc4ccc(Cl)cc4C3)N2c2ccc(C)c(F)c2)cc1. The molecule has 172 valence electrons. The predicted octanol–water partition coefficient (Wildman–Crippen LogP) is 5.86. The third-order valence-corrected chi connectivity index (χ3v) is 6.55. The lowest BCUT2D eigenvalue weighted by Crippen LogP contribution is -2.49. The summed E-state index contributed by atoms with van der Waals surface area (Å²) in [4.78, 5) is 14.3. The summed E-state index contributed by atoms with van der Waals surface area (Å²) in [5.74, 6) is 0.455. The van der Waals surface area contributed by atoms with Crippen LogP contribution in [0.1, 0.15) is 33.2 Å². The fraction of sp³-hybridized carbons (Fsp3) is 0.154. The summed E-state index contributed by atoms with van der Waals surface area (Å²) in [7, 11) is 1.34. The summed E-state index contributed by atoms with van der Waals surface area (Å²) in [5, 5.41) is 3.98. The van der Waals surface area contributed by atoms with Gasteiger partial charge in [-0.2, -0.15) is 0 Å². The zero-order chi connectivity index (χ0) is 24.0. The van der Waals surface area contributed by atoms with Crippen LogP contribution in [-0.2, 0) is 11.2 Å². The number of carbonyl (C=O) groups is 1. The van der Waals surface area contributed by atoms with Crippen molar-refractivity contribution in [3.8, 4) is 5.75 Å². The number of thiocarbonyl (C=S) groups is 1. The van der Waals surface area contributed by atoms with Crippen LogP contribution in [0, 0.1) is 12.7 Å². The third-order valence-electron chi connectivity index (χ3n) is 5.95. The molecule has 1 N–H and O–H groups in total. The molecular weight excluding hydrogens is 475 g/mol. The van der Waals surface area contributed by atoms with Crippen LogP contribution in [0.25, 0.3) is 0 Å². The van der Waals surface area contributed by atoms with Crippen molar-refractivity contribution in [1.82, 2.24) is 5.32 Å². The van der Waals surface area contributed by atoms with Crippen molar-refractivity contribution in [3.63, 3.8) is 0 Å². The van der Waals surface area contributed by atoms with Crippen LogP contribution in [0.15, 0.2) is 72.1 Å². The number of nitrogens with one attached hydrogen (secondary N) is 1. The molecule has 0 amide bonds. The number of fused-ring (bicyclic) bond motifs is 1. The maximum Gasteiger partial charge on any atom is 0.337 e. The summed E-state index contributed by atoms with van der Waals surface area (Å²) in [6.45, 7) is 1.72. The predicted molar refractivity (Wildman–Crippen MR) is 133 cm³/mol. The molecule has 0 saturated heterocycles. The number of anilines is 1. The normalized spacial score (nSPS) is 16.9. The van der Waals surface area contributed by atoms with Crippen LogP contribution in [-0.4, -0.2) is 18.1 Å². The van der Waals surface area contributed by atoms with E-state index in [4.69, 9.17) is 33.3 Å². The molecule has 3 aromatic rings. The van der Waals surface area contributed by atoms with Gasteiger partial charge in [0.15, 0.2) is 0 Å². The Morgan fingerprint density at radius 2 is 1.94 bits per heavy atom. The van der Waals surface area contributed by atoms with Gasteiger partial charge in [-0.15, -0.1) is 0 Å². The summed E-state index contributed by atoms with van der Waals surface area (Å²) in [5.41, 5.74) is 4.09. The molecule has 2 aliphatic rings. The van der Waals surface area contributed by atoms with Crippen LogP contribution in [0.2, 0.25) is 5.02 Å². The number of carbonyl (C=O) groups excluding carboxylic acids is 1. The highest BCUT2D eigenvalue weighted by Gasteiger charge is 2.38. The number of aryl methyl sites for hydroxylation is 1. The lowest BCUT2D eigenvalue weighted by Gasteiger charge is -2.42. The summed E-state index contributed by atoms with van der Waals surface area (Å²) in [6.07, 6.45) is 0.0320.